The molecule has 0 aromatic carbocycles. The molecule has 2 saturated heterocycles. The number of H-pyrrole nitrogens is 1. The molecule has 0 bridgehead atoms. The summed E-state index contributed by atoms with van der Waals surface area (Å²) in [5, 5.41) is 3.48. The molecule has 1 saturated carbocycles. The van der Waals surface area contributed by atoms with Crippen LogP contribution in [0.5, 0.6) is 0 Å². The number of aromatic nitrogens is 4. The van der Waals surface area contributed by atoms with Crippen molar-refractivity contribution in [3.05, 3.63) is 23.1 Å². The maximum atomic E-state index is 13.3. The summed E-state index contributed by atoms with van der Waals surface area (Å²) in [5.41, 5.74) is 3.52. The lowest BCUT2D eigenvalue weighted by Gasteiger charge is -2.32. The van der Waals surface area contributed by atoms with Crippen molar-refractivity contribution in [1.82, 2.24) is 24.8 Å². The van der Waals surface area contributed by atoms with Crippen molar-refractivity contribution in [2.75, 3.05) is 43.1 Å². The number of nitrogens with one attached hydrogen (secondary N) is 2. The summed E-state index contributed by atoms with van der Waals surface area (Å²) in [6, 6.07) is -0.188. The third kappa shape index (κ3) is 4.26. The molecule has 182 valence electrons. The molecule has 3 fully saturated rings. The number of aromatic amines is 1. The number of hydrogen-bond donors (Lipinski definition) is 2. The standard InChI is InChI=1S/C25H35N7O2/c33-23(31-12-14-34-15-13-31)21-10-5-11-32(21)25-28-19-9-4-8-18(19)22(30-25)29-24-26-16-20(27-24)17-6-2-1-3-7-17/h16-17,21H,1-15H2,(H2,26,27,28,29,30)/t21-/m1/s1. The van der Waals surface area contributed by atoms with Gasteiger partial charge in [-0.15, -0.1) is 0 Å². The number of rotatable bonds is 5. The fraction of sp³-hybridized carbons (Fsp3) is 0.680. The smallest absolute Gasteiger partial charge is 0.245 e. The summed E-state index contributed by atoms with van der Waals surface area (Å²) < 4.78 is 5.44. The minimum atomic E-state index is -0.188. The van der Waals surface area contributed by atoms with E-state index in [1.54, 1.807) is 0 Å². The van der Waals surface area contributed by atoms with E-state index in [-0.39, 0.29) is 11.9 Å². The van der Waals surface area contributed by atoms with Crippen LogP contribution in [0.25, 0.3) is 0 Å². The minimum absolute atomic E-state index is 0.183. The van der Waals surface area contributed by atoms with E-state index in [4.69, 9.17) is 14.7 Å². The Morgan fingerprint density at radius 1 is 1.00 bits per heavy atom. The molecule has 0 unspecified atom stereocenters. The lowest BCUT2D eigenvalue weighted by atomic mass is 9.87. The van der Waals surface area contributed by atoms with E-state index in [9.17, 15) is 4.79 Å². The molecule has 4 heterocycles. The zero-order valence-corrected chi connectivity index (χ0v) is 19.9. The quantitative estimate of drug-likeness (QED) is 0.699. The molecule has 2 N–H and O–H groups in total. The van der Waals surface area contributed by atoms with Gasteiger partial charge >= 0.3 is 0 Å². The van der Waals surface area contributed by atoms with Crippen LogP contribution in [0, 0.1) is 0 Å². The van der Waals surface area contributed by atoms with Gasteiger partial charge < -0.3 is 24.8 Å². The van der Waals surface area contributed by atoms with Crippen molar-refractivity contribution in [3.8, 4) is 0 Å². The molecule has 0 spiro atoms. The van der Waals surface area contributed by atoms with Gasteiger partial charge in [-0.2, -0.15) is 4.98 Å². The van der Waals surface area contributed by atoms with Gasteiger partial charge in [0, 0.05) is 36.8 Å². The van der Waals surface area contributed by atoms with Crippen LogP contribution in [0.1, 0.15) is 74.2 Å². The predicted molar refractivity (Wildman–Crippen MR) is 130 cm³/mol. The molecule has 34 heavy (non-hydrogen) atoms. The highest BCUT2D eigenvalue weighted by molar-refractivity contribution is 5.85. The molecule has 2 aliphatic carbocycles. The SMILES string of the molecule is O=C([C@H]1CCCN1c1nc2c(c(Nc3ncc(C4CCCCC4)[nH]3)n1)CCC2)N1CCOCC1. The Balaban J connectivity index is 1.24. The number of nitrogens with zero attached hydrogens (tertiary/aromatic N) is 5. The second-order valence-electron chi connectivity index (χ2n) is 10.1. The average Bonchev–Trinajstić information content (AvgIpc) is 3.65. The molecule has 2 aliphatic heterocycles. The van der Waals surface area contributed by atoms with Crippen molar-refractivity contribution in [1.29, 1.82) is 0 Å². The van der Waals surface area contributed by atoms with Gasteiger partial charge in [0.1, 0.15) is 11.9 Å². The first-order chi connectivity index (χ1) is 16.8. The van der Waals surface area contributed by atoms with E-state index in [1.165, 1.54) is 43.4 Å². The van der Waals surface area contributed by atoms with Crippen LogP contribution in [-0.4, -0.2) is 69.6 Å². The van der Waals surface area contributed by atoms with Crippen LogP contribution < -0.4 is 10.2 Å². The van der Waals surface area contributed by atoms with E-state index in [0.29, 0.717) is 38.2 Å². The van der Waals surface area contributed by atoms with Gasteiger partial charge in [0.2, 0.25) is 17.8 Å². The maximum absolute atomic E-state index is 13.3. The fourth-order valence-electron chi connectivity index (χ4n) is 6.04. The summed E-state index contributed by atoms with van der Waals surface area (Å²) in [6.07, 6.45) is 13.3. The normalized spacial score (nSPS) is 23.4. The first kappa shape index (κ1) is 21.8. The number of imidazole rings is 1. The number of morpholine rings is 1. The molecule has 4 aliphatic rings. The Hall–Kier alpha value is -2.68. The second kappa shape index (κ2) is 9.52. The summed E-state index contributed by atoms with van der Waals surface area (Å²) in [4.78, 5) is 35.4. The largest absolute Gasteiger partial charge is 0.378 e. The van der Waals surface area contributed by atoms with E-state index in [2.05, 4.69) is 20.2 Å². The summed E-state index contributed by atoms with van der Waals surface area (Å²) in [6.45, 7) is 3.39. The number of aryl methyl sites for hydroxylation is 1. The van der Waals surface area contributed by atoms with Crippen LogP contribution in [0.2, 0.25) is 0 Å². The highest BCUT2D eigenvalue weighted by atomic mass is 16.5. The molecule has 9 nitrogen and oxygen atoms in total. The number of anilines is 3. The number of carbonyl (C=O) groups is 1. The first-order valence-corrected chi connectivity index (χ1v) is 13.1. The predicted octanol–water partition coefficient (Wildman–Crippen LogP) is 3.31. The monoisotopic (exact) mass is 465 g/mol. The molecule has 1 atom stereocenters. The molecule has 6 rings (SSSR count). The Kier molecular flexibility index (Phi) is 6.11. The minimum Gasteiger partial charge on any atom is -0.378 e. The van der Waals surface area contributed by atoms with Crippen molar-refractivity contribution in [2.45, 2.75) is 76.2 Å². The van der Waals surface area contributed by atoms with Crippen LogP contribution in [0.15, 0.2) is 6.20 Å². The van der Waals surface area contributed by atoms with Crippen molar-refractivity contribution in [3.63, 3.8) is 0 Å². The van der Waals surface area contributed by atoms with Gasteiger partial charge in [-0.3, -0.25) is 4.79 Å². The highest BCUT2D eigenvalue weighted by Gasteiger charge is 2.36. The average molecular weight is 466 g/mol. The van der Waals surface area contributed by atoms with Crippen molar-refractivity contribution in [2.24, 2.45) is 0 Å². The molecule has 2 aromatic rings. The highest BCUT2D eigenvalue weighted by Crippen LogP contribution is 2.34. The fourth-order valence-corrected chi connectivity index (χ4v) is 6.04. The molecule has 9 heteroatoms. The Morgan fingerprint density at radius 3 is 2.71 bits per heavy atom. The van der Waals surface area contributed by atoms with Gasteiger partial charge in [-0.1, -0.05) is 19.3 Å². The van der Waals surface area contributed by atoms with Gasteiger partial charge in [-0.25, -0.2) is 9.97 Å². The summed E-state index contributed by atoms with van der Waals surface area (Å²) in [5.74, 6) is 3.03. The zero-order valence-electron chi connectivity index (χ0n) is 19.9. The Morgan fingerprint density at radius 2 is 1.85 bits per heavy atom. The van der Waals surface area contributed by atoms with Crippen LogP contribution in [0.3, 0.4) is 0 Å². The first-order valence-electron chi connectivity index (χ1n) is 13.1. The van der Waals surface area contributed by atoms with Gasteiger partial charge in [0.15, 0.2) is 0 Å². The molecular formula is C25H35N7O2. The summed E-state index contributed by atoms with van der Waals surface area (Å²) >= 11 is 0. The number of carbonyl (C=O) groups excluding carboxylic acids is 1. The maximum Gasteiger partial charge on any atom is 0.245 e. The second-order valence-corrected chi connectivity index (χ2v) is 10.1. The lowest BCUT2D eigenvalue weighted by Crippen LogP contribution is -2.50. The summed E-state index contributed by atoms with van der Waals surface area (Å²) in [7, 11) is 0. The molecular weight excluding hydrogens is 430 g/mol. The van der Waals surface area contributed by atoms with Gasteiger partial charge in [0.05, 0.1) is 25.1 Å². The number of amides is 1. The topological polar surface area (TPSA) is 99.3 Å². The van der Waals surface area contributed by atoms with Gasteiger partial charge in [0.25, 0.3) is 0 Å². The van der Waals surface area contributed by atoms with Crippen LogP contribution >= 0.6 is 0 Å². The van der Waals surface area contributed by atoms with E-state index in [1.807, 2.05) is 11.1 Å². The van der Waals surface area contributed by atoms with Crippen molar-refractivity contribution < 1.29 is 9.53 Å². The number of hydrogen-bond acceptors (Lipinski definition) is 7. The van der Waals surface area contributed by atoms with E-state index < -0.39 is 0 Å². The van der Waals surface area contributed by atoms with E-state index >= 15 is 0 Å². The van der Waals surface area contributed by atoms with E-state index in [0.717, 1.165) is 56.1 Å². The molecule has 0 radical (unpaired) electrons. The van der Waals surface area contributed by atoms with Crippen LogP contribution in [0.4, 0.5) is 17.7 Å². The molecule has 1 amide bonds. The lowest BCUT2D eigenvalue weighted by molar-refractivity contribution is -0.136. The third-order valence-electron chi connectivity index (χ3n) is 7.92. The third-order valence-corrected chi connectivity index (χ3v) is 7.92. The number of fused-ring (bicyclic) bond motifs is 1. The Bertz CT molecular complexity index is 1030. The zero-order chi connectivity index (χ0) is 22.9. The van der Waals surface area contributed by atoms with Gasteiger partial charge in [-0.05, 0) is 44.9 Å². The Labute approximate surface area is 200 Å². The van der Waals surface area contributed by atoms with Crippen LogP contribution in [-0.2, 0) is 22.4 Å². The molecule has 2 aromatic heterocycles. The van der Waals surface area contributed by atoms with Crippen molar-refractivity contribution >= 4 is 23.6 Å². The number of ether oxygens (including phenoxy) is 1.